The first-order valence-electron chi connectivity index (χ1n) is 9.18. The van der Waals surface area contributed by atoms with Gasteiger partial charge in [-0.25, -0.2) is 0 Å². The molecular weight excluding hydrogens is 720 g/mol. The topological polar surface area (TPSA) is 0 Å². The summed E-state index contributed by atoms with van der Waals surface area (Å²) in [6, 6.07) is 29.3. The number of rotatable bonds is 7. The van der Waals surface area contributed by atoms with Crippen molar-refractivity contribution in [3.63, 3.8) is 0 Å². The molecule has 170 valence electrons. The minimum absolute atomic E-state index is 0.925. The number of halogens is 9. The average Bonchev–Trinajstić information content (AvgIpc) is 2.71. The van der Waals surface area contributed by atoms with Gasteiger partial charge in [-0.3, -0.25) is 0 Å². The second kappa shape index (κ2) is 10.6. The molecule has 0 nitrogen and oxygen atoms in total. The molecule has 0 aliphatic rings. The Morgan fingerprint density at radius 3 is 0.781 bits per heavy atom. The van der Waals surface area contributed by atoms with E-state index >= 15 is 0 Å². The quantitative estimate of drug-likeness (QED) is 0.141. The summed E-state index contributed by atoms with van der Waals surface area (Å²) < 4.78 is -11.7. The molecule has 0 spiro atoms. The van der Waals surface area contributed by atoms with E-state index in [4.69, 9.17) is 99.7 Å². The van der Waals surface area contributed by atoms with Gasteiger partial charge in [-0.15, -0.1) is 0 Å². The summed E-state index contributed by atoms with van der Waals surface area (Å²) in [7, 11) is -4.74. The zero-order valence-electron chi connectivity index (χ0n) is 16.1. The van der Waals surface area contributed by atoms with Crippen LogP contribution < -0.4 is 15.6 Å². The van der Waals surface area contributed by atoms with E-state index in [1.807, 2.05) is 91.0 Å². The van der Waals surface area contributed by atoms with E-state index < -0.39 is 30.8 Å². The summed E-state index contributed by atoms with van der Waals surface area (Å²) in [5.74, 6) is 0. The predicted molar refractivity (Wildman–Crippen MR) is 160 cm³/mol. The van der Waals surface area contributed by atoms with Crippen LogP contribution in [0.15, 0.2) is 91.0 Å². The summed E-state index contributed by atoms with van der Waals surface area (Å²) in [6.45, 7) is -3.42. The molecule has 14 heteroatoms. The van der Waals surface area contributed by atoms with Gasteiger partial charge in [-0.1, -0.05) is 0 Å². The third kappa shape index (κ3) is 4.70. The van der Waals surface area contributed by atoms with Crippen LogP contribution in [0.1, 0.15) is 0 Å². The van der Waals surface area contributed by atoms with Gasteiger partial charge in [-0.2, -0.15) is 0 Å². The molecule has 0 saturated carbocycles. The molecule has 0 bridgehead atoms. The van der Waals surface area contributed by atoms with Gasteiger partial charge in [0.25, 0.3) is 0 Å². The maximum atomic E-state index is 7.01. The molecule has 0 saturated heterocycles. The van der Waals surface area contributed by atoms with Crippen LogP contribution in [0.3, 0.4) is 0 Å². The first-order valence-corrected chi connectivity index (χ1v) is 38.9. The fourth-order valence-corrected chi connectivity index (χ4v) is 332. The molecule has 3 rings (SSSR count). The van der Waals surface area contributed by atoms with Crippen molar-refractivity contribution >= 4 is 146 Å². The normalized spacial score (nSPS) is 13.8. The van der Waals surface area contributed by atoms with Crippen molar-refractivity contribution < 1.29 is 0 Å². The fraction of sp³-hybridized carbons (Fsp3) is 0. The van der Waals surface area contributed by atoms with Crippen molar-refractivity contribution in [2.75, 3.05) is 0 Å². The molecule has 3 aromatic rings. The fourth-order valence-electron chi connectivity index (χ4n) is 4.33. The Labute approximate surface area is 234 Å². The Kier molecular flexibility index (Phi) is 9.34. The van der Waals surface area contributed by atoms with Crippen LogP contribution in [0, 0.1) is 0 Å². The van der Waals surface area contributed by atoms with Gasteiger partial charge < -0.3 is 0 Å². The summed E-state index contributed by atoms with van der Waals surface area (Å²) in [5.41, 5.74) is 0. The molecule has 0 radical (unpaired) electrons. The van der Waals surface area contributed by atoms with Crippen LogP contribution >= 0.6 is 99.7 Å². The van der Waals surface area contributed by atoms with Crippen LogP contribution in [0.25, 0.3) is 0 Å². The summed E-state index contributed by atoms with van der Waals surface area (Å²) in [6.07, 6.45) is 0. The van der Waals surface area contributed by atoms with Crippen molar-refractivity contribution in [1.82, 2.24) is 0 Å². The number of benzene rings is 3. The van der Waals surface area contributed by atoms with Crippen LogP contribution in [-0.4, -0.2) is 30.8 Å². The Balaban J connectivity index is 2.74. The Hall–Kier alpha value is 1.68. The van der Waals surface area contributed by atoms with Crippen molar-refractivity contribution in [2.45, 2.75) is 0 Å². The second-order valence-electron chi connectivity index (χ2n) is 7.09. The molecule has 0 atom stereocenters. The van der Waals surface area contributed by atoms with E-state index in [-0.39, 0.29) is 0 Å². The van der Waals surface area contributed by atoms with Crippen LogP contribution in [0.4, 0.5) is 0 Å². The first-order chi connectivity index (χ1) is 14.8. The summed E-state index contributed by atoms with van der Waals surface area (Å²) >= 11 is 63.1. The molecule has 0 fully saturated rings. The van der Waals surface area contributed by atoms with Crippen LogP contribution in [0.2, 0.25) is 0 Å². The van der Waals surface area contributed by atoms with Gasteiger partial charge in [0.05, 0.1) is 0 Å². The molecule has 3 aromatic carbocycles. The van der Waals surface area contributed by atoms with Gasteiger partial charge in [0.1, 0.15) is 0 Å². The van der Waals surface area contributed by atoms with Crippen molar-refractivity contribution in [3.05, 3.63) is 91.0 Å². The van der Waals surface area contributed by atoms with Crippen LogP contribution in [-0.2, 0) is 0 Å². The second-order valence-corrected chi connectivity index (χ2v) is 105. The predicted octanol–water partition coefficient (Wildman–Crippen LogP) is 6.89. The van der Waals surface area contributed by atoms with Gasteiger partial charge in [0.15, 0.2) is 0 Å². The van der Waals surface area contributed by atoms with Gasteiger partial charge >= 0.3 is 237 Å². The van der Waals surface area contributed by atoms with E-state index in [1.54, 1.807) is 0 Å². The summed E-state index contributed by atoms with van der Waals surface area (Å²) in [5, 5.41) is 2.77. The zero-order valence-corrected chi connectivity index (χ0v) is 29.0. The minimum atomic E-state index is -4.74. The Bertz CT molecular complexity index is 907. The zero-order chi connectivity index (χ0) is 23.8. The van der Waals surface area contributed by atoms with Gasteiger partial charge in [-0.05, 0) is 0 Å². The molecule has 0 aliphatic carbocycles. The standard InChI is InChI=1S/C18H15Cl9GeSi4/c19-30(20,21)28(31(22,23)24,32(25,26)27)29(16-10-4-1-5-11-16,17-12-6-2-7-13-17)18-14-8-3-9-15-18/h1-15H. The monoisotopic (exact) mass is 732 g/mol. The SMILES string of the molecule is Cl[Si](Cl)(Cl)[Ge]([Si](Cl)(Cl)Cl)([Si](Cl)(Cl)Cl)[Si](c1ccccc1)(c1ccccc1)c1ccccc1. The molecule has 0 heterocycles. The van der Waals surface area contributed by atoms with Crippen LogP contribution in [0.5, 0.6) is 0 Å². The number of hydrogen-bond donors (Lipinski definition) is 0. The maximum absolute atomic E-state index is 7.01. The van der Waals surface area contributed by atoms with Crippen molar-refractivity contribution in [1.29, 1.82) is 0 Å². The molecule has 0 aromatic heterocycles. The molecular formula is C18H15Cl9GeSi4. The Morgan fingerprint density at radius 1 is 0.375 bits per heavy atom. The molecule has 0 unspecified atom stereocenters. The van der Waals surface area contributed by atoms with Crippen molar-refractivity contribution in [2.24, 2.45) is 0 Å². The third-order valence-corrected chi connectivity index (χ3v) is 218. The van der Waals surface area contributed by atoms with Gasteiger partial charge in [0.2, 0.25) is 0 Å². The third-order valence-electron chi connectivity index (χ3n) is 5.46. The number of hydrogen-bond acceptors (Lipinski definition) is 0. The molecule has 0 amide bonds. The van der Waals surface area contributed by atoms with E-state index in [9.17, 15) is 0 Å². The molecule has 32 heavy (non-hydrogen) atoms. The van der Waals surface area contributed by atoms with E-state index in [1.165, 1.54) is 0 Å². The van der Waals surface area contributed by atoms with Gasteiger partial charge in [0, 0.05) is 0 Å². The van der Waals surface area contributed by atoms with Crippen molar-refractivity contribution in [3.8, 4) is 0 Å². The molecule has 0 aliphatic heterocycles. The average molecular weight is 735 g/mol. The van der Waals surface area contributed by atoms with E-state index in [0.717, 1.165) is 15.6 Å². The first kappa shape index (κ1) is 28.3. The Morgan fingerprint density at radius 2 is 0.594 bits per heavy atom. The van der Waals surface area contributed by atoms with E-state index in [0.29, 0.717) is 0 Å². The summed E-state index contributed by atoms with van der Waals surface area (Å²) in [4.78, 5) is 0. The molecule has 0 N–H and O–H groups in total. The van der Waals surface area contributed by atoms with E-state index in [2.05, 4.69) is 0 Å².